The number of aromatic nitrogens is 1. The van der Waals surface area contributed by atoms with Crippen LogP contribution < -0.4 is 10.1 Å². The van der Waals surface area contributed by atoms with Gasteiger partial charge in [0.05, 0.1) is 12.6 Å². The summed E-state index contributed by atoms with van der Waals surface area (Å²) in [5, 5.41) is 13.4. The Morgan fingerprint density at radius 1 is 1.39 bits per heavy atom. The zero-order chi connectivity index (χ0) is 16.2. The number of thioether (sulfide) groups is 1. The number of amidine groups is 1. The predicted octanol–water partition coefficient (Wildman–Crippen LogP) is 3.58. The zero-order valence-electron chi connectivity index (χ0n) is 13.1. The molecule has 3 rings (SSSR count). The number of ether oxygens (including phenoxy) is 1. The van der Waals surface area contributed by atoms with E-state index in [0.29, 0.717) is 17.6 Å². The van der Waals surface area contributed by atoms with E-state index in [4.69, 9.17) is 4.74 Å². The lowest BCUT2D eigenvalue weighted by Gasteiger charge is -2.12. The van der Waals surface area contributed by atoms with Gasteiger partial charge >= 0.3 is 0 Å². The summed E-state index contributed by atoms with van der Waals surface area (Å²) in [6.07, 6.45) is 1.70. The second-order valence-electron chi connectivity index (χ2n) is 5.40. The van der Waals surface area contributed by atoms with Gasteiger partial charge in [-0.15, -0.1) is 0 Å². The SMILES string of the molecule is Cc1c(CO)cccc1Oc1ccnc(NC2=NC(C)CS2)c1. The Hall–Kier alpha value is -2.05. The molecule has 2 aromatic rings. The van der Waals surface area contributed by atoms with Gasteiger partial charge in [0.2, 0.25) is 0 Å². The minimum atomic E-state index is 0.00140. The summed E-state index contributed by atoms with van der Waals surface area (Å²) < 4.78 is 5.94. The molecule has 0 radical (unpaired) electrons. The van der Waals surface area contributed by atoms with Crippen LogP contribution in [0.25, 0.3) is 0 Å². The highest BCUT2D eigenvalue weighted by atomic mass is 32.2. The molecule has 6 heteroatoms. The molecule has 0 saturated carbocycles. The van der Waals surface area contributed by atoms with Gasteiger partial charge in [-0.2, -0.15) is 0 Å². The minimum absolute atomic E-state index is 0.00140. The Morgan fingerprint density at radius 2 is 2.26 bits per heavy atom. The Labute approximate surface area is 139 Å². The third-order valence-electron chi connectivity index (χ3n) is 3.56. The number of rotatable bonds is 4. The van der Waals surface area contributed by atoms with Crippen molar-refractivity contribution in [2.24, 2.45) is 4.99 Å². The molecule has 0 bridgehead atoms. The van der Waals surface area contributed by atoms with Crippen molar-refractivity contribution in [2.75, 3.05) is 11.1 Å². The molecular weight excluding hydrogens is 310 g/mol. The summed E-state index contributed by atoms with van der Waals surface area (Å²) in [7, 11) is 0. The normalized spacial score (nSPS) is 17.0. The number of nitrogens with zero attached hydrogens (tertiary/aromatic N) is 2. The largest absolute Gasteiger partial charge is 0.457 e. The molecule has 1 unspecified atom stereocenters. The number of aliphatic hydroxyl groups excluding tert-OH is 1. The first-order chi connectivity index (χ1) is 11.2. The number of nitrogens with one attached hydrogen (secondary N) is 1. The second kappa shape index (κ2) is 7.02. The first kappa shape index (κ1) is 15.8. The van der Waals surface area contributed by atoms with E-state index in [-0.39, 0.29) is 6.61 Å². The molecule has 0 amide bonds. The average Bonchev–Trinajstić information content (AvgIpc) is 2.95. The Balaban J connectivity index is 1.77. The van der Waals surface area contributed by atoms with E-state index in [1.807, 2.05) is 37.3 Å². The quantitative estimate of drug-likeness (QED) is 0.897. The summed E-state index contributed by atoms with van der Waals surface area (Å²) in [6.45, 7) is 4.03. The van der Waals surface area contributed by atoms with Crippen LogP contribution in [0, 0.1) is 6.92 Å². The molecule has 2 heterocycles. The maximum atomic E-state index is 9.34. The fourth-order valence-corrected chi connectivity index (χ4v) is 3.17. The van der Waals surface area contributed by atoms with Crippen LogP contribution in [0.4, 0.5) is 5.82 Å². The van der Waals surface area contributed by atoms with Gasteiger partial charge in [0.25, 0.3) is 0 Å². The van der Waals surface area contributed by atoms with Crippen molar-refractivity contribution in [3.05, 3.63) is 47.7 Å². The summed E-state index contributed by atoms with van der Waals surface area (Å²) in [4.78, 5) is 8.79. The number of hydrogen-bond acceptors (Lipinski definition) is 6. The third-order valence-corrected chi connectivity index (χ3v) is 4.69. The first-order valence-electron chi connectivity index (χ1n) is 7.46. The van der Waals surface area contributed by atoms with Gasteiger partial charge < -0.3 is 15.2 Å². The van der Waals surface area contributed by atoms with Crippen LogP contribution in [-0.4, -0.2) is 27.1 Å². The van der Waals surface area contributed by atoms with E-state index in [0.717, 1.165) is 27.8 Å². The number of pyridine rings is 1. The molecular formula is C17H19N3O2S. The van der Waals surface area contributed by atoms with Crippen molar-refractivity contribution < 1.29 is 9.84 Å². The maximum Gasteiger partial charge on any atom is 0.162 e. The standard InChI is InChI=1S/C17H19N3O2S/c1-11-10-23-17(19-11)20-16-8-14(6-7-18-16)22-15-5-3-4-13(9-21)12(15)2/h3-8,11,21H,9-10H2,1-2H3,(H,18,19,20). The van der Waals surface area contributed by atoms with Crippen molar-refractivity contribution in [3.8, 4) is 11.5 Å². The van der Waals surface area contributed by atoms with Crippen LogP contribution >= 0.6 is 11.8 Å². The molecule has 0 aliphatic carbocycles. The summed E-state index contributed by atoms with van der Waals surface area (Å²) in [6, 6.07) is 9.64. The molecule has 5 nitrogen and oxygen atoms in total. The van der Waals surface area contributed by atoms with E-state index in [9.17, 15) is 5.11 Å². The van der Waals surface area contributed by atoms with E-state index in [2.05, 4.69) is 22.2 Å². The number of benzene rings is 1. The molecule has 0 spiro atoms. The van der Waals surface area contributed by atoms with Gasteiger partial charge in [0.15, 0.2) is 5.17 Å². The van der Waals surface area contributed by atoms with Gasteiger partial charge in [-0.25, -0.2) is 4.98 Å². The summed E-state index contributed by atoms with van der Waals surface area (Å²) in [5.41, 5.74) is 1.80. The Bertz CT molecular complexity index is 734. The topological polar surface area (TPSA) is 66.7 Å². The number of aliphatic hydroxyl groups is 1. The van der Waals surface area contributed by atoms with Crippen molar-refractivity contribution in [1.82, 2.24) is 4.98 Å². The molecule has 2 N–H and O–H groups in total. The second-order valence-corrected chi connectivity index (χ2v) is 6.41. The number of hydrogen-bond donors (Lipinski definition) is 2. The van der Waals surface area contributed by atoms with Crippen LogP contribution in [0.5, 0.6) is 11.5 Å². The molecule has 1 aliphatic rings. The summed E-state index contributed by atoms with van der Waals surface area (Å²) in [5.74, 6) is 3.12. The smallest absolute Gasteiger partial charge is 0.162 e. The molecule has 23 heavy (non-hydrogen) atoms. The Morgan fingerprint density at radius 3 is 3.00 bits per heavy atom. The van der Waals surface area contributed by atoms with Crippen molar-refractivity contribution in [3.63, 3.8) is 0 Å². The molecule has 1 aromatic carbocycles. The molecule has 1 aliphatic heterocycles. The lowest BCUT2D eigenvalue weighted by atomic mass is 10.1. The third kappa shape index (κ3) is 3.83. The van der Waals surface area contributed by atoms with Crippen LogP contribution in [0.1, 0.15) is 18.1 Å². The average molecular weight is 329 g/mol. The monoisotopic (exact) mass is 329 g/mol. The zero-order valence-corrected chi connectivity index (χ0v) is 13.9. The molecule has 0 saturated heterocycles. The van der Waals surface area contributed by atoms with E-state index < -0.39 is 0 Å². The fourth-order valence-electron chi connectivity index (χ4n) is 2.26. The molecule has 1 atom stereocenters. The highest BCUT2D eigenvalue weighted by Gasteiger charge is 2.14. The Kier molecular flexibility index (Phi) is 4.83. The number of aliphatic imine (C=N–C) groups is 1. The van der Waals surface area contributed by atoms with E-state index in [1.54, 1.807) is 18.0 Å². The van der Waals surface area contributed by atoms with Gasteiger partial charge in [-0.1, -0.05) is 23.9 Å². The van der Waals surface area contributed by atoms with Crippen LogP contribution in [-0.2, 0) is 6.61 Å². The molecule has 0 fully saturated rings. The van der Waals surface area contributed by atoms with Gasteiger partial charge in [0, 0.05) is 18.0 Å². The highest BCUT2D eigenvalue weighted by molar-refractivity contribution is 8.14. The summed E-state index contributed by atoms with van der Waals surface area (Å²) >= 11 is 1.69. The molecule has 120 valence electrons. The lowest BCUT2D eigenvalue weighted by molar-refractivity contribution is 0.280. The number of anilines is 1. The van der Waals surface area contributed by atoms with Crippen molar-refractivity contribution in [2.45, 2.75) is 26.5 Å². The first-order valence-corrected chi connectivity index (χ1v) is 8.45. The van der Waals surface area contributed by atoms with E-state index >= 15 is 0 Å². The fraction of sp³-hybridized carbons (Fsp3) is 0.294. The highest BCUT2D eigenvalue weighted by Crippen LogP contribution is 2.28. The van der Waals surface area contributed by atoms with Crippen LogP contribution in [0.15, 0.2) is 41.5 Å². The molecule has 1 aromatic heterocycles. The maximum absolute atomic E-state index is 9.34. The van der Waals surface area contributed by atoms with Crippen molar-refractivity contribution >= 4 is 22.7 Å². The van der Waals surface area contributed by atoms with Crippen molar-refractivity contribution in [1.29, 1.82) is 0 Å². The van der Waals surface area contributed by atoms with E-state index in [1.165, 1.54) is 0 Å². The minimum Gasteiger partial charge on any atom is -0.457 e. The van der Waals surface area contributed by atoms with Gasteiger partial charge in [0.1, 0.15) is 17.3 Å². The van der Waals surface area contributed by atoms with Gasteiger partial charge in [-0.3, -0.25) is 4.99 Å². The predicted molar refractivity (Wildman–Crippen MR) is 94.4 cm³/mol. The van der Waals surface area contributed by atoms with Crippen LogP contribution in [0.2, 0.25) is 0 Å². The van der Waals surface area contributed by atoms with Crippen LogP contribution in [0.3, 0.4) is 0 Å². The lowest BCUT2D eigenvalue weighted by Crippen LogP contribution is -2.06. The van der Waals surface area contributed by atoms with Gasteiger partial charge in [-0.05, 0) is 37.1 Å².